The lowest BCUT2D eigenvalue weighted by Gasteiger charge is -2.33. The monoisotopic (exact) mass is 298 g/mol. The number of rotatable bonds is 5. The average Bonchev–Trinajstić information content (AvgIpc) is 2.97. The highest BCUT2D eigenvalue weighted by atomic mass is 32.1. The van der Waals surface area contributed by atoms with E-state index in [2.05, 4.69) is 10.6 Å². The lowest BCUT2D eigenvalue weighted by atomic mass is 9.80. The average molecular weight is 298 g/mol. The third-order valence-electron chi connectivity index (χ3n) is 3.49. The quantitative estimate of drug-likeness (QED) is 0.767. The van der Waals surface area contributed by atoms with Crippen LogP contribution >= 0.6 is 11.3 Å². The molecule has 0 bridgehead atoms. The van der Waals surface area contributed by atoms with E-state index in [0.29, 0.717) is 32.6 Å². The maximum atomic E-state index is 11.7. The molecular weight excluding hydrogens is 280 g/mol. The fourth-order valence-corrected chi connectivity index (χ4v) is 2.77. The number of carboxylic acids is 1. The van der Waals surface area contributed by atoms with Gasteiger partial charge in [0.05, 0.1) is 12.0 Å². The Kier molecular flexibility index (Phi) is 4.97. The lowest BCUT2D eigenvalue weighted by Crippen LogP contribution is -2.48. The molecule has 1 fully saturated rings. The Morgan fingerprint density at radius 2 is 2.10 bits per heavy atom. The standard InChI is InChI=1S/C13H18N2O4S/c16-11(17)13(3-5-19-6-4-13)9-15-12(18)14-8-10-2-1-7-20-10/h1-2,7H,3-6,8-9H2,(H,16,17)(H2,14,15,18). The molecule has 7 heteroatoms. The first kappa shape index (κ1) is 14.8. The van der Waals surface area contributed by atoms with E-state index in [-0.39, 0.29) is 12.6 Å². The predicted molar refractivity (Wildman–Crippen MR) is 74.7 cm³/mol. The highest BCUT2D eigenvalue weighted by Gasteiger charge is 2.40. The summed E-state index contributed by atoms with van der Waals surface area (Å²) in [4.78, 5) is 24.2. The van der Waals surface area contributed by atoms with Crippen LogP contribution in [0, 0.1) is 5.41 Å². The second-order valence-electron chi connectivity index (χ2n) is 4.81. The predicted octanol–water partition coefficient (Wildman–Crippen LogP) is 1.43. The van der Waals surface area contributed by atoms with Crippen LogP contribution in [0.2, 0.25) is 0 Å². The van der Waals surface area contributed by atoms with Gasteiger partial charge in [0, 0.05) is 24.6 Å². The van der Waals surface area contributed by atoms with Crippen molar-refractivity contribution in [3.05, 3.63) is 22.4 Å². The van der Waals surface area contributed by atoms with Gasteiger partial charge in [-0.05, 0) is 24.3 Å². The van der Waals surface area contributed by atoms with Gasteiger partial charge in [0.25, 0.3) is 0 Å². The van der Waals surface area contributed by atoms with Gasteiger partial charge in [-0.25, -0.2) is 4.79 Å². The van der Waals surface area contributed by atoms with E-state index in [1.165, 1.54) is 0 Å². The van der Waals surface area contributed by atoms with Crippen LogP contribution in [-0.2, 0) is 16.1 Å². The highest BCUT2D eigenvalue weighted by Crippen LogP contribution is 2.29. The largest absolute Gasteiger partial charge is 0.481 e. The van der Waals surface area contributed by atoms with Gasteiger partial charge in [-0.3, -0.25) is 4.79 Å². The van der Waals surface area contributed by atoms with Crippen molar-refractivity contribution >= 4 is 23.3 Å². The fourth-order valence-electron chi connectivity index (χ4n) is 2.12. The molecule has 20 heavy (non-hydrogen) atoms. The van der Waals surface area contributed by atoms with Crippen LogP contribution < -0.4 is 10.6 Å². The van der Waals surface area contributed by atoms with Crippen molar-refractivity contribution < 1.29 is 19.4 Å². The van der Waals surface area contributed by atoms with Gasteiger partial charge >= 0.3 is 12.0 Å². The Bertz CT molecular complexity index is 455. The molecule has 0 spiro atoms. The van der Waals surface area contributed by atoms with E-state index in [1.54, 1.807) is 11.3 Å². The molecule has 0 aliphatic carbocycles. The van der Waals surface area contributed by atoms with E-state index in [0.717, 1.165) is 4.88 Å². The number of aliphatic carboxylic acids is 1. The first-order valence-corrected chi connectivity index (χ1v) is 7.36. The van der Waals surface area contributed by atoms with Crippen molar-refractivity contribution in [3.63, 3.8) is 0 Å². The number of carbonyl (C=O) groups excluding carboxylic acids is 1. The summed E-state index contributed by atoms with van der Waals surface area (Å²) in [5.41, 5.74) is -0.904. The third-order valence-corrected chi connectivity index (χ3v) is 4.37. The molecule has 2 amide bonds. The van der Waals surface area contributed by atoms with Crippen molar-refractivity contribution in [2.24, 2.45) is 5.41 Å². The van der Waals surface area contributed by atoms with Gasteiger partial charge in [0.2, 0.25) is 0 Å². The molecule has 0 radical (unpaired) electrons. The topological polar surface area (TPSA) is 87.7 Å². The molecule has 0 aromatic carbocycles. The van der Waals surface area contributed by atoms with Crippen molar-refractivity contribution in [1.82, 2.24) is 10.6 Å². The Labute approximate surface area is 121 Å². The van der Waals surface area contributed by atoms with Crippen LogP contribution in [0.4, 0.5) is 4.79 Å². The number of nitrogens with one attached hydrogen (secondary N) is 2. The highest BCUT2D eigenvalue weighted by molar-refractivity contribution is 7.09. The summed E-state index contributed by atoms with van der Waals surface area (Å²) in [6.07, 6.45) is 0.848. The number of thiophene rings is 1. The van der Waals surface area contributed by atoms with Crippen LogP contribution in [-0.4, -0.2) is 36.9 Å². The zero-order chi connectivity index (χ0) is 14.4. The molecular formula is C13H18N2O4S. The number of carbonyl (C=O) groups is 2. The Morgan fingerprint density at radius 3 is 2.70 bits per heavy atom. The first-order chi connectivity index (χ1) is 9.62. The van der Waals surface area contributed by atoms with Gasteiger partial charge in [-0.1, -0.05) is 6.07 Å². The van der Waals surface area contributed by atoms with E-state index >= 15 is 0 Å². The summed E-state index contributed by atoms with van der Waals surface area (Å²) in [5, 5.41) is 16.7. The van der Waals surface area contributed by atoms with Gasteiger partial charge in [-0.15, -0.1) is 11.3 Å². The molecule has 1 saturated heterocycles. The minimum atomic E-state index is -0.904. The Balaban J connectivity index is 1.80. The summed E-state index contributed by atoms with van der Waals surface area (Å²) < 4.78 is 5.19. The minimum Gasteiger partial charge on any atom is -0.481 e. The molecule has 0 unspecified atom stereocenters. The van der Waals surface area contributed by atoms with Crippen molar-refractivity contribution in [2.75, 3.05) is 19.8 Å². The van der Waals surface area contributed by atoms with Gasteiger partial charge < -0.3 is 20.5 Å². The zero-order valence-corrected chi connectivity index (χ0v) is 11.9. The number of hydrogen-bond donors (Lipinski definition) is 3. The normalized spacial score (nSPS) is 17.4. The second-order valence-corrected chi connectivity index (χ2v) is 5.85. The SMILES string of the molecule is O=C(NCc1cccs1)NCC1(C(=O)O)CCOCC1. The van der Waals surface area contributed by atoms with Crippen LogP contribution in [0.5, 0.6) is 0 Å². The molecule has 2 rings (SSSR count). The van der Waals surface area contributed by atoms with Crippen LogP contribution in [0.15, 0.2) is 17.5 Å². The van der Waals surface area contributed by atoms with E-state index < -0.39 is 11.4 Å². The van der Waals surface area contributed by atoms with E-state index in [9.17, 15) is 14.7 Å². The van der Waals surface area contributed by atoms with Crippen LogP contribution in [0.25, 0.3) is 0 Å². The molecule has 0 saturated carbocycles. The molecule has 3 N–H and O–H groups in total. The minimum absolute atomic E-state index is 0.127. The molecule has 1 aliphatic heterocycles. The second kappa shape index (κ2) is 6.71. The summed E-state index contributed by atoms with van der Waals surface area (Å²) in [6, 6.07) is 3.51. The fraction of sp³-hybridized carbons (Fsp3) is 0.538. The summed E-state index contributed by atoms with van der Waals surface area (Å²) in [7, 11) is 0. The first-order valence-electron chi connectivity index (χ1n) is 6.48. The van der Waals surface area contributed by atoms with Crippen molar-refractivity contribution in [1.29, 1.82) is 0 Å². The Hall–Kier alpha value is -1.60. The number of ether oxygens (including phenoxy) is 1. The summed E-state index contributed by atoms with van der Waals surface area (Å²) >= 11 is 1.56. The lowest BCUT2D eigenvalue weighted by molar-refractivity contribution is -0.154. The molecule has 1 aromatic heterocycles. The summed E-state index contributed by atoms with van der Waals surface area (Å²) in [5.74, 6) is -0.876. The maximum Gasteiger partial charge on any atom is 0.315 e. The van der Waals surface area contributed by atoms with Crippen LogP contribution in [0.3, 0.4) is 0 Å². The molecule has 2 heterocycles. The van der Waals surface area contributed by atoms with Crippen molar-refractivity contribution in [2.45, 2.75) is 19.4 Å². The van der Waals surface area contributed by atoms with Gasteiger partial charge in [0.15, 0.2) is 0 Å². The number of urea groups is 1. The number of amides is 2. The molecule has 1 aliphatic rings. The van der Waals surface area contributed by atoms with E-state index in [1.807, 2.05) is 17.5 Å². The van der Waals surface area contributed by atoms with Crippen LogP contribution in [0.1, 0.15) is 17.7 Å². The van der Waals surface area contributed by atoms with Gasteiger partial charge in [0.1, 0.15) is 0 Å². The Morgan fingerprint density at radius 1 is 1.35 bits per heavy atom. The molecule has 6 nitrogen and oxygen atoms in total. The smallest absolute Gasteiger partial charge is 0.315 e. The third kappa shape index (κ3) is 3.71. The maximum absolute atomic E-state index is 11.7. The van der Waals surface area contributed by atoms with Gasteiger partial charge in [-0.2, -0.15) is 0 Å². The zero-order valence-electron chi connectivity index (χ0n) is 11.1. The molecule has 0 atom stereocenters. The van der Waals surface area contributed by atoms with E-state index in [4.69, 9.17) is 4.74 Å². The number of hydrogen-bond acceptors (Lipinski definition) is 4. The van der Waals surface area contributed by atoms with Crippen molar-refractivity contribution in [3.8, 4) is 0 Å². The summed E-state index contributed by atoms with van der Waals surface area (Å²) in [6.45, 7) is 1.42. The number of carboxylic acid groups (broad SMARTS) is 1. The molecule has 110 valence electrons. The molecule has 1 aromatic rings.